The molecule has 0 N–H and O–H groups in total. The van der Waals surface area contributed by atoms with Gasteiger partial charge in [-0.3, -0.25) is 0 Å². The monoisotopic (exact) mass is 443 g/mol. The standard InChI is InChI=1S/C27H26NO3P/c1-31-27-18-17-22(21-26(27)28(29)30)19-20-32(23-11-5-2-6-12-23,24-13-7-3-8-14-24)25-15-9-4-10-16-25/h2-18,21,32H,19-20H2,1H3. The van der Waals surface area contributed by atoms with E-state index >= 15 is 0 Å². The fourth-order valence-electron chi connectivity index (χ4n) is 4.47. The van der Waals surface area contributed by atoms with Gasteiger partial charge in [0.1, 0.15) is 0 Å². The molecule has 0 spiro atoms. The maximum atomic E-state index is 11.5. The van der Waals surface area contributed by atoms with Gasteiger partial charge in [0.25, 0.3) is 0 Å². The molecule has 0 radical (unpaired) electrons. The summed E-state index contributed by atoms with van der Waals surface area (Å²) in [5, 5.41) is 15.5. The number of hydrogen-bond acceptors (Lipinski definition) is 3. The Kier molecular flexibility index (Phi) is 6.63. The van der Waals surface area contributed by atoms with Crippen LogP contribution in [0, 0.1) is 10.1 Å². The summed E-state index contributed by atoms with van der Waals surface area (Å²) in [6.45, 7) is 0. The Hall–Kier alpha value is -3.49. The van der Waals surface area contributed by atoms with Gasteiger partial charge in [0.05, 0.1) is 0 Å². The van der Waals surface area contributed by atoms with Crippen LogP contribution in [0.1, 0.15) is 5.56 Å². The summed E-state index contributed by atoms with van der Waals surface area (Å²) in [5.41, 5.74) is 0.952. The van der Waals surface area contributed by atoms with Crippen molar-refractivity contribution in [1.29, 1.82) is 0 Å². The Bertz CT molecular complexity index is 1080. The van der Waals surface area contributed by atoms with Gasteiger partial charge in [-0.15, -0.1) is 0 Å². The molecule has 0 heterocycles. The molecular formula is C27H26NO3P. The van der Waals surface area contributed by atoms with Gasteiger partial charge >= 0.3 is 189 Å². The van der Waals surface area contributed by atoms with E-state index in [1.54, 1.807) is 12.1 Å². The Morgan fingerprint density at radius 1 is 0.750 bits per heavy atom. The van der Waals surface area contributed by atoms with Gasteiger partial charge in [-0.25, -0.2) is 0 Å². The molecule has 0 unspecified atom stereocenters. The molecule has 162 valence electrons. The summed E-state index contributed by atoms with van der Waals surface area (Å²) in [4.78, 5) is 11.2. The third-order valence-electron chi connectivity index (χ3n) is 6.03. The summed E-state index contributed by atoms with van der Waals surface area (Å²) in [6, 6.07) is 37.4. The molecule has 0 saturated carbocycles. The number of rotatable bonds is 8. The molecule has 0 atom stereocenters. The topological polar surface area (TPSA) is 52.4 Å². The van der Waals surface area contributed by atoms with Crippen molar-refractivity contribution in [2.45, 2.75) is 6.42 Å². The van der Waals surface area contributed by atoms with Gasteiger partial charge in [-0.2, -0.15) is 0 Å². The van der Waals surface area contributed by atoms with Gasteiger partial charge in [-0.1, -0.05) is 0 Å². The van der Waals surface area contributed by atoms with E-state index in [1.165, 1.54) is 23.0 Å². The first-order valence-electron chi connectivity index (χ1n) is 10.6. The number of ether oxygens (including phenoxy) is 1. The molecule has 5 heteroatoms. The summed E-state index contributed by atoms with van der Waals surface area (Å²) >= 11 is 0. The van der Waals surface area contributed by atoms with Crippen LogP contribution in [-0.4, -0.2) is 18.2 Å². The molecule has 4 nitrogen and oxygen atoms in total. The number of benzene rings is 4. The molecule has 0 aliphatic rings. The molecular weight excluding hydrogens is 417 g/mol. The summed E-state index contributed by atoms with van der Waals surface area (Å²) < 4.78 is 5.18. The van der Waals surface area contributed by atoms with Gasteiger partial charge < -0.3 is 0 Å². The van der Waals surface area contributed by atoms with Gasteiger partial charge in [-0.05, 0) is 0 Å². The first-order valence-corrected chi connectivity index (χ1v) is 12.8. The second kappa shape index (κ2) is 9.76. The Balaban J connectivity index is 1.84. The third kappa shape index (κ3) is 4.28. The molecule has 4 aromatic carbocycles. The van der Waals surface area contributed by atoms with Crippen molar-refractivity contribution in [3.8, 4) is 5.75 Å². The van der Waals surface area contributed by atoms with Crippen LogP contribution in [0.4, 0.5) is 5.69 Å². The molecule has 0 aromatic heterocycles. The van der Waals surface area contributed by atoms with Crippen LogP contribution < -0.4 is 20.7 Å². The Morgan fingerprint density at radius 2 is 1.22 bits per heavy atom. The van der Waals surface area contributed by atoms with E-state index in [4.69, 9.17) is 4.74 Å². The minimum atomic E-state index is -2.37. The van der Waals surface area contributed by atoms with Crippen molar-refractivity contribution >= 4 is 28.9 Å². The van der Waals surface area contributed by atoms with E-state index in [9.17, 15) is 10.1 Å². The molecule has 0 fully saturated rings. The number of hydrogen-bond donors (Lipinski definition) is 0. The number of methoxy groups -OCH3 is 1. The van der Waals surface area contributed by atoms with Crippen molar-refractivity contribution in [3.05, 3.63) is 125 Å². The normalized spacial score (nSPS) is 11.7. The van der Waals surface area contributed by atoms with Crippen molar-refractivity contribution in [1.82, 2.24) is 0 Å². The maximum absolute atomic E-state index is 11.5. The minimum absolute atomic E-state index is 0.0106. The van der Waals surface area contributed by atoms with Crippen LogP contribution in [0.3, 0.4) is 0 Å². The van der Waals surface area contributed by atoms with Crippen LogP contribution >= 0.6 is 7.26 Å². The van der Waals surface area contributed by atoms with E-state index in [0.29, 0.717) is 0 Å². The van der Waals surface area contributed by atoms with E-state index in [0.717, 1.165) is 18.1 Å². The molecule has 0 aliphatic heterocycles. The van der Waals surface area contributed by atoms with Crippen LogP contribution in [0.25, 0.3) is 0 Å². The van der Waals surface area contributed by atoms with Crippen molar-refractivity contribution < 1.29 is 9.66 Å². The molecule has 4 rings (SSSR count). The molecule has 0 amide bonds. The third-order valence-corrected chi connectivity index (χ3v) is 11.0. The van der Waals surface area contributed by atoms with E-state index in [-0.39, 0.29) is 16.4 Å². The zero-order chi connectivity index (χ0) is 22.4. The van der Waals surface area contributed by atoms with Gasteiger partial charge in [0, 0.05) is 0 Å². The predicted octanol–water partition coefficient (Wildman–Crippen LogP) is 4.87. The van der Waals surface area contributed by atoms with E-state index in [1.807, 2.05) is 24.3 Å². The van der Waals surface area contributed by atoms with Gasteiger partial charge in [0.15, 0.2) is 0 Å². The molecule has 32 heavy (non-hydrogen) atoms. The number of nitro benzene ring substituents is 1. The Labute approximate surface area is 189 Å². The van der Waals surface area contributed by atoms with Crippen molar-refractivity contribution in [2.24, 2.45) is 0 Å². The quantitative estimate of drug-likeness (QED) is 0.222. The fraction of sp³-hybridized carbons (Fsp3) is 0.111. The zero-order valence-electron chi connectivity index (χ0n) is 18.0. The van der Waals surface area contributed by atoms with E-state index < -0.39 is 7.26 Å². The average molecular weight is 443 g/mol. The predicted molar refractivity (Wildman–Crippen MR) is 135 cm³/mol. The first kappa shape index (κ1) is 21.7. The van der Waals surface area contributed by atoms with Crippen LogP contribution in [0.2, 0.25) is 0 Å². The zero-order valence-corrected chi connectivity index (χ0v) is 19.0. The van der Waals surface area contributed by atoms with Gasteiger partial charge in [0.2, 0.25) is 0 Å². The first-order chi connectivity index (χ1) is 15.6. The van der Waals surface area contributed by atoms with E-state index in [2.05, 4.69) is 72.8 Å². The number of nitro groups is 1. The second-order valence-electron chi connectivity index (χ2n) is 7.77. The number of aryl methyl sites for hydroxylation is 1. The average Bonchev–Trinajstić information content (AvgIpc) is 2.86. The second-order valence-corrected chi connectivity index (χ2v) is 11.8. The molecule has 0 saturated heterocycles. The van der Waals surface area contributed by atoms with Crippen LogP contribution in [0.15, 0.2) is 109 Å². The van der Waals surface area contributed by atoms with Crippen molar-refractivity contribution in [3.63, 3.8) is 0 Å². The fourth-order valence-corrected chi connectivity index (χ4v) is 9.28. The summed E-state index contributed by atoms with van der Waals surface area (Å²) in [6.07, 6.45) is 1.63. The summed E-state index contributed by atoms with van der Waals surface area (Å²) in [5.74, 6) is 0.288. The number of nitrogens with zero attached hydrogens (tertiary/aromatic N) is 1. The summed E-state index contributed by atoms with van der Waals surface area (Å²) in [7, 11) is -0.916. The van der Waals surface area contributed by atoms with Crippen LogP contribution in [0.5, 0.6) is 5.75 Å². The van der Waals surface area contributed by atoms with Crippen molar-refractivity contribution in [2.75, 3.05) is 13.3 Å². The molecule has 0 bridgehead atoms. The Morgan fingerprint density at radius 3 is 1.62 bits per heavy atom. The molecule has 0 aliphatic carbocycles. The SMILES string of the molecule is COc1ccc(CC[PH](c2ccccc2)(c2ccccc2)c2ccccc2)cc1[N+](=O)[O-]. The van der Waals surface area contributed by atoms with Crippen LogP contribution in [-0.2, 0) is 6.42 Å². The molecule has 4 aromatic rings.